The number of halogens is 2. The summed E-state index contributed by atoms with van der Waals surface area (Å²) < 4.78 is 0. The van der Waals surface area contributed by atoms with E-state index in [0.29, 0.717) is 12.2 Å². The Morgan fingerprint density at radius 3 is 2.83 bits per heavy atom. The van der Waals surface area contributed by atoms with E-state index in [1.54, 1.807) is 17.5 Å². The Morgan fingerprint density at radius 2 is 2.17 bits per heavy atom. The molecular formula is C9H10Cl2N6S. The summed E-state index contributed by atoms with van der Waals surface area (Å²) in [7, 11) is 0. The molecule has 96 valence electrons. The molecule has 0 amide bonds. The van der Waals surface area contributed by atoms with E-state index in [1.165, 1.54) is 0 Å². The minimum atomic E-state index is 0. The van der Waals surface area contributed by atoms with E-state index >= 15 is 0 Å². The third-order valence-electron chi connectivity index (χ3n) is 2.22. The van der Waals surface area contributed by atoms with Crippen LogP contribution in [-0.2, 0) is 6.42 Å². The van der Waals surface area contributed by atoms with E-state index in [9.17, 15) is 0 Å². The van der Waals surface area contributed by atoms with Gasteiger partial charge in [-0.1, -0.05) is 11.3 Å². The summed E-state index contributed by atoms with van der Waals surface area (Å²) in [6, 6.07) is 4.07. The van der Waals surface area contributed by atoms with E-state index in [2.05, 4.69) is 36.9 Å². The second-order valence-corrected chi connectivity index (χ2v) is 4.20. The largest absolute Gasteiger partial charge is 0.277 e. The van der Waals surface area contributed by atoms with Gasteiger partial charge in [-0.05, 0) is 11.4 Å². The maximum absolute atomic E-state index is 4.05. The van der Waals surface area contributed by atoms with Crippen LogP contribution in [0.1, 0.15) is 11.4 Å². The van der Waals surface area contributed by atoms with Crippen molar-refractivity contribution in [3.05, 3.63) is 35.1 Å². The number of hydrogen-bond acceptors (Lipinski definition) is 5. The number of thiophene rings is 1. The number of tetrazole rings is 1. The molecule has 0 saturated heterocycles. The lowest BCUT2D eigenvalue weighted by atomic mass is 10.1. The van der Waals surface area contributed by atoms with Gasteiger partial charge in [0.25, 0.3) is 0 Å². The Bertz CT molecular complexity index is 562. The molecule has 0 aromatic carbocycles. The van der Waals surface area contributed by atoms with E-state index < -0.39 is 0 Å². The first kappa shape index (κ1) is 14.6. The summed E-state index contributed by atoms with van der Waals surface area (Å²) in [5.74, 6) is 0.666. The van der Waals surface area contributed by atoms with Crippen LogP contribution in [0, 0.1) is 0 Å². The van der Waals surface area contributed by atoms with Crippen LogP contribution in [0.4, 0.5) is 0 Å². The SMILES string of the molecule is Cl.Cl.c1csc(-c2[nH]ncc2Cc2nn[nH]n2)c1. The average molecular weight is 305 g/mol. The first-order chi connectivity index (χ1) is 7.93. The van der Waals surface area contributed by atoms with Gasteiger partial charge in [0.2, 0.25) is 0 Å². The number of nitrogens with one attached hydrogen (secondary N) is 2. The highest BCUT2D eigenvalue weighted by atomic mass is 35.5. The van der Waals surface area contributed by atoms with Crippen LogP contribution in [0.3, 0.4) is 0 Å². The van der Waals surface area contributed by atoms with Crippen molar-refractivity contribution in [3.8, 4) is 10.6 Å². The van der Waals surface area contributed by atoms with Crippen molar-refractivity contribution in [2.45, 2.75) is 6.42 Å². The van der Waals surface area contributed by atoms with E-state index in [1.807, 2.05) is 11.4 Å². The normalized spacial score (nSPS) is 9.56. The molecule has 3 aromatic heterocycles. The number of H-pyrrole nitrogens is 2. The Hall–Kier alpha value is -1.44. The monoisotopic (exact) mass is 304 g/mol. The van der Waals surface area contributed by atoms with Crippen LogP contribution in [0.25, 0.3) is 10.6 Å². The van der Waals surface area contributed by atoms with Gasteiger partial charge < -0.3 is 0 Å². The molecular weight excluding hydrogens is 295 g/mol. The summed E-state index contributed by atoms with van der Waals surface area (Å²) in [4.78, 5) is 1.16. The van der Waals surface area contributed by atoms with Crippen molar-refractivity contribution in [3.63, 3.8) is 0 Å². The van der Waals surface area contributed by atoms with E-state index in [-0.39, 0.29) is 24.8 Å². The van der Waals surface area contributed by atoms with Crippen molar-refractivity contribution in [1.82, 2.24) is 30.8 Å². The Kier molecular flexibility index (Phi) is 5.26. The molecule has 0 aliphatic carbocycles. The number of aromatic amines is 2. The maximum Gasteiger partial charge on any atom is 0.179 e. The molecule has 0 aliphatic rings. The third kappa shape index (κ3) is 2.87. The lowest BCUT2D eigenvalue weighted by molar-refractivity contribution is 0.881. The van der Waals surface area contributed by atoms with Gasteiger partial charge >= 0.3 is 0 Å². The van der Waals surface area contributed by atoms with Crippen molar-refractivity contribution in [2.75, 3.05) is 0 Å². The van der Waals surface area contributed by atoms with Gasteiger partial charge in [-0.3, -0.25) is 5.10 Å². The van der Waals surface area contributed by atoms with Crippen molar-refractivity contribution < 1.29 is 0 Å². The minimum Gasteiger partial charge on any atom is -0.277 e. The molecule has 2 N–H and O–H groups in total. The molecule has 0 saturated carbocycles. The van der Waals surface area contributed by atoms with Crippen molar-refractivity contribution in [2.24, 2.45) is 0 Å². The quantitative estimate of drug-likeness (QED) is 0.776. The first-order valence-corrected chi connectivity index (χ1v) is 5.60. The lowest BCUT2D eigenvalue weighted by Crippen LogP contribution is -1.91. The van der Waals surface area contributed by atoms with Crippen molar-refractivity contribution >= 4 is 36.2 Å². The molecule has 0 aliphatic heterocycles. The van der Waals surface area contributed by atoms with Gasteiger partial charge in [-0.2, -0.15) is 10.3 Å². The summed E-state index contributed by atoms with van der Waals surface area (Å²) in [5, 5.41) is 22.9. The maximum atomic E-state index is 4.05. The Balaban J connectivity index is 0.000000810. The van der Waals surface area contributed by atoms with Gasteiger partial charge in [-0.25, -0.2) is 0 Å². The van der Waals surface area contributed by atoms with E-state index in [0.717, 1.165) is 16.1 Å². The molecule has 0 spiro atoms. The molecule has 3 rings (SSSR count). The number of rotatable bonds is 3. The minimum absolute atomic E-state index is 0. The van der Waals surface area contributed by atoms with Crippen molar-refractivity contribution in [1.29, 1.82) is 0 Å². The molecule has 0 atom stereocenters. The zero-order valence-electron chi connectivity index (χ0n) is 9.03. The highest BCUT2D eigenvalue weighted by Gasteiger charge is 2.10. The van der Waals surface area contributed by atoms with Crippen LogP contribution in [0.2, 0.25) is 0 Å². The fourth-order valence-electron chi connectivity index (χ4n) is 1.51. The number of aromatic nitrogens is 6. The number of hydrogen-bond donors (Lipinski definition) is 2. The smallest absolute Gasteiger partial charge is 0.179 e. The highest BCUT2D eigenvalue weighted by Crippen LogP contribution is 2.26. The second-order valence-electron chi connectivity index (χ2n) is 3.25. The summed E-state index contributed by atoms with van der Waals surface area (Å²) in [6.07, 6.45) is 2.42. The topological polar surface area (TPSA) is 83.1 Å². The second kappa shape index (κ2) is 6.48. The van der Waals surface area contributed by atoms with Gasteiger partial charge in [0.1, 0.15) is 0 Å². The summed E-state index contributed by atoms with van der Waals surface area (Å²) in [5.41, 5.74) is 2.10. The molecule has 18 heavy (non-hydrogen) atoms. The average Bonchev–Trinajstić information content (AvgIpc) is 2.98. The highest BCUT2D eigenvalue weighted by molar-refractivity contribution is 7.13. The van der Waals surface area contributed by atoms with Crippen LogP contribution in [-0.4, -0.2) is 30.8 Å². The van der Waals surface area contributed by atoms with Crippen LogP contribution < -0.4 is 0 Å². The summed E-state index contributed by atoms with van der Waals surface area (Å²) in [6.45, 7) is 0. The zero-order valence-corrected chi connectivity index (χ0v) is 11.5. The first-order valence-electron chi connectivity index (χ1n) is 4.72. The van der Waals surface area contributed by atoms with Gasteiger partial charge in [-0.15, -0.1) is 46.3 Å². The molecule has 0 bridgehead atoms. The third-order valence-corrected chi connectivity index (χ3v) is 3.11. The van der Waals surface area contributed by atoms with Gasteiger partial charge in [0.15, 0.2) is 5.82 Å². The van der Waals surface area contributed by atoms with Gasteiger partial charge in [0.05, 0.1) is 16.8 Å². The zero-order chi connectivity index (χ0) is 10.8. The van der Waals surface area contributed by atoms with Crippen LogP contribution in [0.15, 0.2) is 23.7 Å². The van der Waals surface area contributed by atoms with Crippen LogP contribution in [0.5, 0.6) is 0 Å². The van der Waals surface area contributed by atoms with Gasteiger partial charge in [0, 0.05) is 12.0 Å². The van der Waals surface area contributed by atoms with E-state index in [4.69, 9.17) is 0 Å². The number of nitrogens with zero attached hydrogens (tertiary/aromatic N) is 4. The molecule has 9 heteroatoms. The Labute approximate surface area is 119 Å². The lowest BCUT2D eigenvalue weighted by Gasteiger charge is -1.96. The molecule has 3 heterocycles. The molecule has 6 nitrogen and oxygen atoms in total. The standard InChI is InChI=1S/C9H8N6S.2ClH/c1-2-7(16-3-1)9-6(5-10-13-9)4-8-11-14-15-12-8;;/h1-3,5H,4H2,(H,10,13)(H,11,12,14,15);2*1H. The predicted molar refractivity (Wildman–Crippen MR) is 73.4 cm³/mol. The summed E-state index contributed by atoms with van der Waals surface area (Å²) >= 11 is 1.67. The fourth-order valence-corrected chi connectivity index (χ4v) is 2.26. The predicted octanol–water partition coefficient (Wildman–Crippen LogP) is 2.09. The Morgan fingerprint density at radius 1 is 1.28 bits per heavy atom. The van der Waals surface area contributed by atoms with Crippen LogP contribution >= 0.6 is 36.2 Å². The molecule has 0 unspecified atom stereocenters. The molecule has 0 fully saturated rings. The fraction of sp³-hybridized carbons (Fsp3) is 0.111. The molecule has 3 aromatic rings. The molecule has 0 radical (unpaired) electrons.